The Balaban J connectivity index is 2.25. The summed E-state index contributed by atoms with van der Waals surface area (Å²) in [5, 5.41) is 3.01. The van der Waals surface area contributed by atoms with E-state index in [0.29, 0.717) is 18.7 Å². The second-order valence-electron chi connectivity index (χ2n) is 6.46. The monoisotopic (exact) mass is 388 g/mol. The van der Waals surface area contributed by atoms with Gasteiger partial charge < -0.3 is 5.32 Å². The molecule has 0 aliphatic carbocycles. The van der Waals surface area contributed by atoms with Gasteiger partial charge in [-0.1, -0.05) is 56.7 Å². The minimum Gasteiger partial charge on any atom is -0.345 e. The first-order valence-electron chi connectivity index (χ1n) is 9.31. The zero-order valence-corrected chi connectivity index (χ0v) is 17.2. The summed E-state index contributed by atoms with van der Waals surface area (Å²) < 4.78 is 26.8. The summed E-state index contributed by atoms with van der Waals surface area (Å²) in [6, 6.07) is 14.1. The highest BCUT2D eigenvalue weighted by atomic mass is 32.2. The lowest BCUT2D eigenvalue weighted by molar-refractivity contribution is 0.0935. The molecule has 0 fully saturated rings. The number of carbonyl (C=O) groups is 1. The van der Waals surface area contributed by atoms with Gasteiger partial charge in [-0.05, 0) is 37.1 Å². The van der Waals surface area contributed by atoms with Gasteiger partial charge in [-0.2, -0.15) is 4.31 Å². The third-order valence-corrected chi connectivity index (χ3v) is 6.68. The van der Waals surface area contributed by atoms with E-state index in [1.807, 2.05) is 38.1 Å². The molecule has 5 nitrogen and oxygen atoms in total. The molecular weight excluding hydrogens is 360 g/mol. The molecule has 0 heterocycles. The first-order valence-corrected chi connectivity index (χ1v) is 10.7. The van der Waals surface area contributed by atoms with Crippen molar-refractivity contribution >= 4 is 15.9 Å². The van der Waals surface area contributed by atoms with Crippen molar-refractivity contribution in [2.45, 2.75) is 45.1 Å². The van der Waals surface area contributed by atoms with E-state index in [2.05, 4.69) is 5.32 Å². The highest BCUT2D eigenvalue weighted by Crippen LogP contribution is 2.20. The number of sulfonamides is 1. The predicted molar refractivity (Wildman–Crippen MR) is 108 cm³/mol. The van der Waals surface area contributed by atoms with E-state index in [1.54, 1.807) is 26.0 Å². The SMILES string of the molecule is CC[C@H](NC(=O)c1cccc(S(=O)(=O)N(CC)CC)c1)c1ccc(C)cc1. The van der Waals surface area contributed by atoms with Gasteiger partial charge >= 0.3 is 0 Å². The van der Waals surface area contributed by atoms with Crippen LogP contribution in [0.2, 0.25) is 0 Å². The number of aryl methyl sites for hydroxylation is 1. The molecule has 0 saturated carbocycles. The van der Waals surface area contributed by atoms with E-state index in [0.717, 1.165) is 17.5 Å². The number of amides is 1. The van der Waals surface area contributed by atoms with Crippen LogP contribution in [0, 0.1) is 6.92 Å². The summed E-state index contributed by atoms with van der Waals surface area (Å²) in [5.74, 6) is -0.279. The topological polar surface area (TPSA) is 66.5 Å². The zero-order valence-electron chi connectivity index (χ0n) is 16.4. The Morgan fingerprint density at radius 3 is 2.22 bits per heavy atom. The molecule has 0 aromatic heterocycles. The molecule has 146 valence electrons. The molecule has 1 amide bonds. The summed E-state index contributed by atoms with van der Waals surface area (Å²) in [6.45, 7) is 8.40. The van der Waals surface area contributed by atoms with Crippen molar-refractivity contribution in [2.75, 3.05) is 13.1 Å². The van der Waals surface area contributed by atoms with Crippen LogP contribution in [0.3, 0.4) is 0 Å². The lowest BCUT2D eigenvalue weighted by Gasteiger charge is -2.20. The minimum atomic E-state index is -3.59. The highest BCUT2D eigenvalue weighted by molar-refractivity contribution is 7.89. The Morgan fingerprint density at radius 2 is 1.67 bits per heavy atom. The molecule has 0 radical (unpaired) electrons. The second kappa shape index (κ2) is 9.15. The van der Waals surface area contributed by atoms with Gasteiger partial charge in [-0.25, -0.2) is 8.42 Å². The van der Waals surface area contributed by atoms with Crippen LogP contribution in [0.5, 0.6) is 0 Å². The van der Waals surface area contributed by atoms with Gasteiger partial charge in [0.25, 0.3) is 5.91 Å². The van der Waals surface area contributed by atoms with Crippen molar-refractivity contribution in [3.8, 4) is 0 Å². The van der Waals surface area contributed by atoms with Crippen LogP contribution in [0.4, 0.5) is 0 Å². The Bertz CT molecular complexity index is 873. The normalized spacial score (nSPS) is 12.8. The molecule has 1 atom stereocenters. The Labute approximate surface area is 162 Å². The number of nitrogens with one attached hydrogen (secondary N) is 1. The lowest BCUT2D eigenvalue weighted by atomic mass is 10.0. The summed E-state index contributed by atoms with van der Waals surface area (Å²) in [7, 11) is -3.59. The number of hydrogen-bond acceptors (Lipinski definition) is 3. The van der Waals surface area contributed by atoms with Gasteiger partial charge in [-0.3, -0.25) is 4.79 Å². The number of carbonyl (C=O) groups excluding carboxylic acids is 1. The quantitative estimate of drug-likeness (QED) is 0.746. The van der Waals surface area contributed by atoms with Crippen LogP contribution in [0.25, 0.3) is 0 Å². The summed E-state index contributed by atoms with van der Waals surface area (Å²) >= 11 is 0. The molecule has 0 spiro atoms. The van der Waals surface area contributed by atoms with Crippen LogP contribution in [-0.4, -0.2) is 31.7 Å². The molecule has 27 heavy (non-hydrogen) atoms. The van der Waals surface area contributed by atoms with Crippen molar-refractivity contribution in [1.82, 2.24) is 9.62 Å². The fourth-order valence-electron chi connectivity index (χ4n) is 2.97. The number of benzene rings is 2. The Hall–Kier alpha value is -2.18. The summed E-state index contributed by atoms with van der Waals surface area (Å²) in [5.41, 5.74) is 2.53. The minimum absolute atomic E-state index is 0.124. The Kier molecular flexibility index (Phi) is 7.16. The van der Waals surface area contributed by atoms with E-state index in [4.69, 9.17) is 0 Å². The average Bonchev–Trinajstić information content (AvgIpc) is 2.67. The molecular formula is C21H28N2O3S. The molecule has 0 saturated heterocycles. The van der Waals surface area contributed by atoms with E-state index in [-0.39, 0.29) is 16.8 Å². The maximum atomic E-state index is 12.7. The molecule has 6 heteroatoms. The van der Waals surface area contributed by atoms with Crippen LogP contribution in [-0.2, 0) is 10.0 Å². The van der Waals surface area contributed by atoms with Crippen LogP contribution in [0.15, 0.2) is 53.4 Å². The maximum absolute atomic E-state index is 12.7. The van der Waals surface area contributed by atoms with E-state index >= 15 is 0 Å². The smallest absolute Gasteiger partial charge is 0.251 e. The molecule has 1 N–H and O–H groups in total. The fraction of sp³-hybridized carbons (Fsp3) is 0.381. The molecule has 2 aromatic carbocycles. The summed E-state index contributed by atoms with van der Waals surface area (Å²) in [6.07, 6.45) is 0.742. The van der Waals surface area contributed by atoms with E-state index in [1.165, 1.54) is 16.4 Å². The molecule has 2 aromatic rings. The molecule has 0 aliphatic rings. The van der Waals surface area contributed by atoms with Crippen molar-refractivity contribution in [3.63, 3.8) is 0 Å². The summed E-state index contributed by atoms with van der Waals surface area (Å²) in [4.78, 5) is 12.9. The highest BCUT2D eigenvalue weighted by Gasteiger charge is 2.23. The van der Waals surface area contributed by atoms with Crippen molar-refractivity contribution in [2.24, 2.45) is 0 Å². The second-order valence-corrected chi connectivity index (χ2v) is 8.40. The lowest BCUT2D eigenvalue weighted by Crippen LogP contribution is -2.31. The molecule has 0 bridgehead atoms. The van der Waals surface area contributed by atoms with Crippen LogP contribution < -0.4 is 5.32 Å². The third kappa shape index (κ3) is 4.96. The fourth-order valence-corrected chi connectivity index (χ4v) is 4.48. The van der Waals surface area contributed by atoms with E-state index in [9.17, 15) is 13.2 Å². The molecule has 0 aliphatic heterocycles. The predicted octanol–water partition coefficient (Wildman–Crippen LogP) is 3.91. The largest absolute Gasteiger partial charge is 0.345 e. The van der Waals surface area contributed by atoms with Gasteiger partial charge in [0.15, 0.2) is 0 Å². The molecule has 2 rings (SSSR count). The van der Waals surface area contributed by atoms with Crippen molar-refractivity contribution in [3.05, 3.63) is 65.2 Å². The van der Waals surface area contributed by atoms with Crippen LogP contribution >= 0.6 is 0 Å². The third-order valence-electron chi connectivity index (χ3n) is 4.63. The van der Waals surface area contributed by atoms with Gasteiger partial charge in [0.2, 0.25) is 10.0 Å². The first kappa shape index (κ1) is 21.1. The van der Waals surface area contributed by atoms with E-state index < -0.39 is 10.0 Å². The number of nitrogens with zero attached hydrogens (tertiary/aromatic N) is 1. The average molecular weight is 389 g/mol. The van der Waals surface area contributed by atoms with Gasteiger partial charge in [-0.15, -0.1) is 0 Å². The molecule has 0 unspecified atom stereocenters. The van der Waals surface area contributed by atoms with Gasteiger partial charge in [0.05, 0.1) is 10.9 Å². The van der Waals surface area contributed by atoms with Crippen LogP contribution in [0.1, 0.15) is 54.7 Å². The Morgan fingerprint density at radius 1 is 1.04 bits per heavy atom. The van der Waals surface area contributed by atoms with Crippen molar-refractivity contribution in [1.29, 1.82) is 0 Å². The standard InChI is InChI=1S/C21H28N2O3S/c1-5-20(17-13-11-16(4)12-14-17)22-21(24)18-9-8-10-19(15-18)27(25,26)23(6-2)7-3/h8-15,20H,5-7H2,1-4H3,(H,22,24)/t20-/m0/s1. The maximum Gasteiger partial charge on any atom is 0.251 e. The number of hydrogen-bond donors (Lipinski definition) is 1. The van der Waals surface area contributed by atoms with Crippen molar-refractivity contribution < 1.29 is 13.2 Å². The van der Waals surface area contributed by atoms with Gasteiger partial charge in [0.1, 0.15) is 0 Å². The zero-order chi connectivity index (χ0) is 20.0. The van der Waals surface area contributed by atoms with Gasteiger partial charge in [0, 0.05) is 18.7 Å². The first-order chi connectivity index (χ1) is 12.8. The number of rotatable bonds is 8.